The summed E-state index contributed by atoms with van der Waals surface area (Å²) >= 11 is 0. The Morgan fingerprint density at radius 1 is 1.33 bits per heavy atom. The first kappa shape index (κ1) is 21.1. The first-order valence-electron chi connectivity index (χ1n) is 10.9. The number of benzene rings is 1. The van der Waals surface area contributed by atoms with E-state index in [-0.39, 0.29) is 12.7 Å². The van der Waals surface area contributed by atoms with Gasteiger partial charge in [0.15, 0.2) is 13.0 Å². The minimum absolute atomic E-state index is 0.0388. The van der Waals surface area contributed by atoms with Gasteiger partial charge in [-0.05, 0) is 25.1 Å². The van der Waals surface area contributed by atoms with Crippen molar-refractivity contribution in [2.75, 3.05) is 50.3 Å². The fraction of sp³-hybridized carbons (Fsp3) is 0.348. The van der Waals surface area contributed by atoms with Crippen LogP contribution in [0.2, 0.25) is 0 Å². The third-order valence-corrected chi connectivity index (χ3v) is 5.70. The Bertz CT molecular complexity index is 1230. The lowest BCUT2D eigenvalue weighted by atomic mass is 10.1. The molecule has 170 valence electrons. The number of carbonyl (C=O) groups excluding carboxylic acids is 1. The zero-order valence-electron chi connectivity index (χ0n) is 18.2. The van der Waals surface area contributed by atoms with Gasteiger partial charge >= 0.3 is 0 Å². The number of rotatable bonds is 5. The highest BCUT2D eigenvalue weighted by molar-refractivity contribution is 5.96. The van der Waals surface area contributed by atoms with Crippen LogP contribution in [-0.4, -0.2) is 60.4 Å². The van der Waals surface area contributed by atoms with E-state index in [0.29, 0.717) is 61.2 Å². The molecule has 0 aliphatic carbocycles. The lowest BCUT2D eigenvalue weighted by Crippen LogP contribution is -2.40. The van der Waals surface area contributed by atoms with Gasteiger partial charge in [0.05, 0.1) is 29.9 Å². The number of carbonyl (C=O) groups is 1. The first-order valence-corrected chi connectivity index (χ1v) is 10.9. The minimum atomic E-state index is -0.508. The molecule has 33 heavy (non-hydrogen) atoms. The molecule has 4 heterocycles. The lowest BCUT2D eigenvalue weighted by molar-refractivity contribution is -0.0473. The normalized spacial score (nSPS) is 17.7. The number of aromatic amines is 1. The Morgan fingerprint density at radius 2 is 2.18 bits per heavy atom. The third kappa shape index (κ3) is 4.04. The summed E-state index contributed by atoms with van der Waals surface area (Å²) in [7, 11) is 0. The Morgan fingerprint density at radius 3 is 2.97 bits per heavy atom. The highest BCUT2D eigenvalue weighted by Crippen LogP contribution is 2.35. The average Bonchev–Trinajstić information content (AvgIpc) is 3.27. The van der Waals surface area contributed by atoms with Crippen LogP contribution in [0, 0.1) is 11.3 Å². The van der Waals surface area contributed by atoms with Crippen LogP contribution in [0.25, 0.3) is 11.0 Å². The summed E-state index contributed by atoms with van der Waals surface area (Å²) in [4.78, 5) is 22.3. The molecular formula is C23H24N6O4. The van der Waals surface area contributed by atoms with Gasteiger partial charge in [-0.2, -0.15) is 5.26 Å². The van der Waals surface area contributed by atoms with E-state index in [4.69, 9.17) is 14.2 Å². The van der Waals surface area contributed by atoms with Gasteiger partial charge in [-0.3, -0.25) is 4.79 Å². The average molecular weight is 448 g/mol. The fourth-order valence-electron chi connectivity index (χ4n) is 4.09. The number of anilines is 2. The second kappa shape index (κ2) is 8.97. The van der Waals surface area contributed by atoms with Crippen LogP contribution >= 0.6 is 0 Å². The second-order valence-electron chi connectivity index (χ2n) is 7.73. The Hall–Kier alpha value is -3.81. The van der Waals surface area contributed by atoms with Gasteiger partial charge in [0.25, 0.3) is 5.91 Å². The fourth-order valence-corrected chi connectivity index (χ4v) is 4.09. The summed E-state index contributed by atoms with van der Waals surface area (Å²) < 4.78 is 16.8. The zero-order chi connectivity index (χ0) is 22.8. The molecule has 1 unspecified atom stereocenters. The van der Waals surface area contributed by atoms with Crippen molar-refractivity contribution in [3.05, 3.63) is 47.2 Å². The van der Waals surface area contributed by atoms with Gasteiger partial charge in [-0.15, -0.1) is 0 Å². The molecule has 3 aromatic rings. The minimum Gasteiger partial charge on any atom is -0.467 e. The van der Waals surface area contributed by atoms with E-state index in [0.717, 1.165) is 16.6 Å². The maximum atomic E-state index is 12.8. The smallest absolute Gasteiger partial charge is 0.254 e. The molecule has 0 spiro atoms. The first-order chi connectivity index (χ1) is 16.2. The molecule has 2 aliphatic heterocycles. The number of nitrogens with one attached hydrogen (secondary N) is 3. The standard InChI is InChI=1S/C23H24N6O4/c1-2-25-17-10-19(27-21-20(17)15(11-24)12-26-21)28-22-16-4-3-14(9-18(16)32-13-33-22)23(30)29-5-7-31-8-6-29/h3-4,9-10,12,22H,2,5-8,13H2,1H3,(H3,25,26,27,28). The zero-order valence-corrected chi connectivity index (χ0v) is 18.2. The highest BCUT2D eigenvalue weighted by atomic mass is 16.7. The molecule has 5 rings (SSSR count). The van der Waals surface area contributed by atoms with E-state index in [2.05, 4.69) is 26.7 Å². The van der Waals surface area contributed by atoms with Crippen molar-refractivity contribution in [2.24, 2.45) is 0 Å². The number of amides is 1. The van der Waals surface area contributed by atoms with Gasteiger partial charge in [0.2, 0.25) is 0 Å². The molecular weight excluding hydrogens is 424 g/mol. The quantitative estimate of drug-likeness (QED) is 0.544. The molecule has 1 aromatic carbocycles. The number of nitriles is 1. The molecule has 10 nitrogen and oxygen atoms in total. The molecule has 1 saturated heterocycles. The topological polar surface area (TPSA) is 125 Å². The number of ether oxygens (including phenoxy) is 3. The monoisotopic (exact) mass is 448 g/mol. The number of pyridine rings is 1. The molecule has 3 N–H and O–H groups in total. The van der Waals surface area contributed by atoms with Crippen LogP contribution in [0.1, 0.15) is 34.6 Å². The van der Waals surface area contributed by atoms with Gasteiger partial charge in [0.1, 0.15) is 23.3 Å². The molecule has 1 atom stereocenters. The Kier molecular flexibility index (Phi) is 5.73. The number of nitrogens with zero attached hydrogens (tertiary/aromatic N) is 3. The summed E-state index contributed by atoms with van der Waals surface area (Å²) in [5, 5.41) is 16.7. The molecule has 1 fully saturated rings. The summed E-state index contributed by atoms with van der Waals surface area (Å²) in [5.74, 6) is 1.14. The van der Waals surface area contributed by atoms with Crippen LogP contribution < -0.4 is 15.4 Å². The number of aromatic nitrogens is 2. The predicted molar refractivity (Wildman–Crippen MR) is 121 cm³/mol. The van der Waals surface area contributed by atoms with Crippen LogP contribution in [0.5, 0.6) is 5.75 Å². The van der Waals surface area contributed by atoms with Crippen LogP contribution in [0.4, 0.5) is 11.5 Å². The SMILES string of the molecule is CCNc1cc(NC2OCOc3cc(C(=O)N4CCOCC4)ccc32)nc2[nH]cc(C#N)c12. The summed E-state index contributed by atoms with van der Waals surface area (Å²) in [5.41, 5.74) is 3.29. The summed E-state index contributed by atoms with van der Waals surface area (Å²) in [6.07, 6.45) is 1.14. The van der Waals surface area contributed by atoms with Gasteiger partial charge < -0.3 is 34.7 Å². The van der Waals surface area contributed by atoms with Crippen molar-refractivity contribution in [1.29, 1.82) is 5.26 Å². The Labute approximate surface area is 190 Å². The highest BCUT2D eigenvalue weighted by Gasteiger charge is 2.26. The molecule has 0 saturated carbocycles. The number of hydrogen-bond acceptors (Lipinski definition) is 8. The second-order valence-corrected chi connectivity index (χ2v) is 7.73. The number of morpholine rings is 1. The van der Waals surface area contributed by atoms with Crippen molar-refractivity contribution in [1.82, 2.24) is 14.9 Å². The maximum Gasteiger partial charge on any atom is 0.254 e. The van der Waals surface area contributed by atoms with Crippen molar-refractivity contribution in [3.63, 3.8) is 0 Å². The van der Waals surface area contributed by atoms with E-state index < -0.39 is 6.23 Å². The van der Waals surface area contributed by atoms with Gasteiger partial charge in [-0.25, -0.2) is 4.98 Å². The number of H-pyrrole nitrogens is 1. The van der Waals surface area contributed by atoms with E-state index in [1.807, 2.05) is 19.1 Å². The molecule has 0 radical (unpaired) electrons. The van der Waals surface area contributed by atoms with Crippen molar-refractivity contribution in [2.45, 2.75) is 13.2 Å². The van der Waals surface area contributed by atoms with Crippen molar-refractivity contribution >= 4 is 28.4 Å². The summed E-state index contributed by atoms with van der Waals surface area (Å²) in [6.45, 7) is 5.00. The molecule has 2 aromatic heterocycles. The van der Waals surface area contributed by atoms with Gasteiger partial charge in [0, 0.05) is 43.0 Å². The van der Waals surface area contributed by atoms with Crippen LogP contribution in [0.3, 0.4) is 0 Å². The van der Waals surface area contributed by atoms with E-state index in [9.17, 15) is 10.1 Å². The molecule has 2 aliphatic rings. The third-order valence-electron chi connectivity index (χ3n) is 5.70. The molecule has 0 bridgehead atoms. The van der Waals surface area contributed by atoms with Gasteiger partial charge in [-0.1, -0.05) is 0 Å². The maximum absolute atomic E-state index is 12.8. The number of hydrogen-bond donors (Lipinski definition) is 3. The van der Waals surface area contributed by atoms with Crippen molar-refractivity contribution < 1.29 is 19.0 Å². The van der Waals surface area contributed by atoms with E-state index in [1.165, 1.54) is 0 Å². The lowest BCUT2D eigenvalue weighted by Gasteiger charge is -2.29. The van der Waals surface area contributed by atoms with E-state index in [1.54, 1.807) is 23.2 Å². The van der Waals surface area contributed by atoms with Crippen LogP contribution in [0.15, 0.2) is 30.5 Å². The summed E-state index contributed by atoms with van der Waals surface area (Å²) in [6, 6.07) is 9.43. The number of fused-ring (bicyclic) bond motifs is 2. The van der Waals surface area contributed by atoms with E-state index >= 15 is 0 Å². The van der Waals surface area contributed by atoms with Crippen LogP contribution in [-0.2, 0) is 9.47 Å². The Balaban J connectivity index is 1.41. The van der Waals surface area contributed by atoms with Crippen molar-refractivity contribution in [3.8, 4) is 11.8 Å². The predicted octanol–water partition coefficient (Wildman–Crippen LogP) is 2.82. The molecule has 10 heteroatoms. The molecule has 1 amide bonds. The largest absolute Gasteiger partial charge is 0.467 e.